The summed E-state index contributed by atoms with van der Waals surface area (Å²) in [7, 11) is 0. The highest BCUT2D eigenvalue weighted by Crippen LogP contribution is 2.23. The molecule has 1 unspecified atom stereocenters. The third kappa shape index (κ3) is 8.56. The molecule has 3 aromatic rings. The van der Waals surface area contributed by atoms with E-state index in [9.17, 15) is 0 Å². The third-order valence-electron chi connectivity index (χ3n) is 6.37. The second kappa shape index (κ2) is 14.3. The Labute approximate surface area is 221 Å². The van der Waals surface area contributed by atoms with Gasteiger partial charge in [-0.1, -0.05) is 43.7 Å². The first kappa shape index (κ1) is 28.1. The van der Waals surface area contributed by atoms with Crippen molar-refractivity contribution in [1.29, 1.82) is 0 Å². The Morgan fingerprint density at radius 2 is 1.57 bits per heavy atom. The maximum absolute atomic E-state index is 5.97. The summed E-state index contributed by atoms with van der Waals surface area (Å²) in [6.07, 6.45) is 5.63. The Kier molecular flexibility index (Phi) is 10.9. The van der Waals surface area contributed by atoms with Gasteiger partial charge in [0.15, 0.2) is 0 Å². The molecule has 9 heteroatoms. The maximum Gasteiger partial charge on any atom is 0.225 e. The highest BCUT2D eigenvalue weighted by Gasteiger charge is 2.15. The second-order valence-corrected chi connectivity index (χ2v) is 9.55. The van der Waals surface area contributed by atoms with Crippen LogP contribution in [0.1, 0.15) is 67.6 Å². The van der Waals surface area contributed by atoms with E-state index >= 15 is 0 Å². The van der Waals surface area contributed by atoms with Crippen LogP contribution in [-0.4, -0.2) is 45.6 Å². The number of rotatable bonds is 15. The van der Waals surface area contributed by atoms with Crippen molar-refractivity contribution in [3.05, 3.63) is 58.4 Å². The molecule has 0 spiro atoms. The number of aryl methyl sites for hydroxylation is 2. The zero-order valence-corrected chi connectivity index (χ0v) is 22.8. The SMILES string of the molecule is CCCCNc1nc(NC(C)CCNc2nc(N)nc(C)c2Cc2ccccc2)nc(C)c1CCCN. The van der Waals surface area contributed by atoms with Gasteiger partial charge in [-0.3, -0.25) is 0 Å². The molecule has 0 saturated carbocycles. The minimum absolute atomic E-state index is 0.156. The van der Waals surface area contributed by atoms with Crippen molar-refractivity contribution in [2.45, 2.75) is 72.3 Å². The van der Waals surface area contributed by atoms with Gasteiger partial charge in [0.05, 0.1) is 0 Å². The highest BCUT2D eigenvalue weighted by atomic mass is 15.2. The molecule has 2 heterocycles. The van der Waals surface area contributed by atoms with E-state index in [1.165, 1.54) is 5.56 Å². The second-order valence-electron chi connectivity index (χ2n) is 9.55. The molecule has 0 aliphatic carbocycles. The average molecular weight is 506 g/mol. The van der Waals surface area contributed by atoms with Crippen LogP contribution in [0.4, 0.5) is 23.5 Å². The molecule has 0 aliphatic heterocycles. The van der Waals surface area contributed by atoms with Gasteiger partial charge >= 0.3 is 0 Å². The molecule has 0 radical (unpaired) electrons. The molecule has 0 aliphatic rings. The number of nitrogens with two attached hydrogens (primary N) is 2. The number of hydrogen-bond donors (Lipinski definition) is 5. The number of nitrogen functional groups attached to an aromatic ring is 1. The largest absolute Gasteiger partial charge is 0.370 e. The molecule has 0 fully saturated rings. The van der Waals surface area contributed by atoms with Crippen LogP contribution < -0.4 is 27.4 Å². The van der Waals surface area contributed by atoms with Crippen LogP contribution in [0.25, 0.3) is 0 Å². The van der Waals surface area contributed by atoms with Gasteiger partial charge in [-0.2, -0.15) is 9.97 Å². The number of anilines is 4. The zero-order valence-electron chi connectivity index (χ0n) is 22.8. The van der Waals surface area contributed by atoms with Gasteiger partial charge in [0.25, 0.3) is 0 Å². The molecule has 0 bridgehead atoms. The average Bonchev–Trinajstić information content (AvgIpc) is 2.86. The molecule has 1 atom stereocenters. The molecule has 7 N–H and O–H groups in total. The van der Waals surface area contributed by atoms with Crippen molar-refractivity contribution >= 4 is 23.5 Å². The van der Waals surface area contributed by atoms with Crippen LogP contribution in [0.2, 0.25) is 0 Å². The van der Waals surface area contributed by atoms with E-state index < -0.39 is 0 Å². The molecule has 0 saturated heterocycles. The Balaban J connectivity index is 1.64. The van der Waals surface area contributed by atoms with Crippen molar-refractivity contribution in [1.82, 2.24) is 19.9 Å². The number of hydrogen-bond acceptors (Lipinski definition) is 9. The maximum atomic E-state index is 5.97. The molecular weight excluding hydrogens is 462 g/mol. The van der Waals surface area contributed by atoms with Gasteiger partial charge in [-0.15, -0.1) is 0 Å². The van der Waals surface area contributed by atoms with E-state index in [2.05, 4.69) is 51.9 Å². The molecule has 0 amide bonds. The predicted octanol–water partition coefficient (Wildman–Crippen LogP) is 4.46. The molecule has 1 aromatic carbocycles. The lowest BCUT2D eigenvalue weighted by molar-refractivity contribution is 0.720. The number of aromatic nitrogens is 4. The van der Waals surface area contributed by atoms with E-state index in [1.54, 1.807) is 0 Å². The number of unbranched alkanes of at least 4 members (excludes halogenated alkanes) is 1. The molecule has 2 aromatic heterocycles. The van der Waals surface area contributed by atoms with Crippen LogP contribution >= 0.6 is 0 Å². The van der Waals surface area contributed by atoms with Crippen LogP contribution in [0, 0.1) is 13.8 Å². The van der Waals surface area contributed by atoms with E-state index in [4.69, 9.17) is 21.4 Å². The summed E-state index contributed by atoms with van der Waals surface area (Å²) in [6, 6.07) is 10.5. The van der Waals surface area contributed by atoms with Crippen LogP contribution in [0.3, 0.4) is 0 Å². The van der Waals surface area contributed by atoms with E-state index in [0.29, 0.717) is 12.5 Å². The van der Waals surface area contributed by atoms with Gasteiger partial charge in [0, 0.05) is 48.1 Å². The van der Waals surface area contributed by atoms with Crippen molar-refractivity contribution in [2.75, 3.05) is 41.3 Å². The summed E-state index contributed by atoms with van der Waals surface area (Å²) < 4.78 is 0. The summed E-state index contributed by atoms with van der Waals surface area (Å²) in [5, 5.41) is 10.5. The van der Waals surface area contributed by atoms with Crippen molar-refractivity contribution in [3.8, 4) is 0 Å². The topological polar surface area (TPSA) is 140 Å². The Morgan fingerprint density at radius 1 is 0.865 bits per heavy atom. The molecular formula is C28H43N9. The lowest BCUT2D eigenvalue weighted by Gasteiger charge is -2.19. The van der Waals surface area contributed by atoms with Crippen molar-refractivity contribution in [2.24, 2.45) is 5.73 Å². The van der Waals surface area contributed by atoms with E-state index in [-0.39, 0.29) is 12.0 Å². The Hall–Kier alpha value is -3.46. The van der Waals surface area contributed by atoms with Gasteiger partial charge in [-0.25, -0.2) is 9.97 Å². The first-order valence-corrected chi connectivity index (χ1v) is 13.4. The minimum Gasteiger partial charge on any atom is -0.370 e. The summed E-state index contributed by atoms with van der Waals surface area (Å²) in [5.41, 5.74) is 17.0. The quantitative estimate of drug-likeness (QED) is 0.189. The highest BCUT2D eigenvalue weighted by molar-refractivity contribution is 5.52. The Morgan fingerprint density at radius 3 is 2.30 bits per heavy atom. The van der Waals surface area contributed by atoms with Gasteiger partial charge < -0.3 is 27.4 Å². The first-order chi connectivity index (χ1) is 17.9. The number of nitrogens with one attached hydrogen (secondary N) is 3. The first-order valence-electron chi connectivity index (χ1n) is 13.4. The monoisotopic (exact) mass is 505 g/mol. The minimum atomic E-state index is 0.156. The molecule has 37 heavy (non-hydrogen) atoms. The number of nitrogens with zero attached hydrogens (tertiary/aromatic N) is 4. The van der Waals surface area contributed by atoms with Crippen molar-refractivity contribution < 1.29 is 0 Å². The fourth-order valence-electron chi connectivity index (χ4n) is 4.24. The van der Waals surface area contributed by atoms with Crippen molar-refractivity contribution in [3.63, 3.8) is 0 Å². The molecule has 9 nitrogen and oxygen atoms in total. The smallest absolute Gasteiger partial charge is 0.225 e. The summed E-state index contributed by atoms with van der Waals surface area (Å²) in [6.45, 7) is 10.6. The van der Waals surface area contributed by atoms with E-state index in [0.717, 1.165) is 85.8 Å². The fraction of sp³-hybridized carbons (Fsp3) is 0.500. The number of benzene rings is 1. The summed E-state index contributed by atoms with van der Waals surface area (Å²) >= 11 is 0. The van der Waals surface area contributed by atoms with Crippen LogP contribution in [0.5, 0.6) is 0 Å². The lowest BCUT2D eigenvalue weighted by Crippen LogP contribution is -2.22. The van der Waals surface area contributed by atoms with E-state index in [1.807, 2.05) is 32.0 Å². The Bertz CT molecular complexity index is 1120. The lowest BCUT2D eigenvalue weighted by atomic mass is 10.0. The van der Waals surface area contributed by atoms with Crippen LogP contribution in [-0.2, 0) is 12.8 Å². The van der Waals surface area contributed by atoms with Gasteiger partial charge in [0.2, 0.25) is 11.9 Å². The van der Waals surface area contributed by atoms with Gasteiger partial charge in [-0.05, 0) is 58.6 Å². The summed E-state index contributed by atoms with van der Waals surface area (Å²) in [4.78, 5) is 18.4. The fourth-order valence-corrected chi connectivity index (χ4v) is 4.24. The standard InChI is InChI=1S/C28H43N9/c1-5-6-16-31-25-23(13-10-15-29)20(3)35-28(37-25)33-19(2)14-17-32-26-24(21(4)34-27(30)36-26)18-22-11-8-7-9-12-22/h7-9,11-12,19H,5-6,10,13-18,29H2,1-4H3,(H3,30,32,34,36)(H2,31,33,35,37). The normalized spacial score (nSPS) is 11.8. The third-order valence-corrected chi connectivity index (χ3v) is 6.37. The van der Waals surface area contributed by atoms with Gasteiger partial charge in [0.1, 0.15) is 11.6 Å². The molecule has 3 rings (SSSR count). The predicted molar refractivity (Wildman–Crippen MR) is 154 cm³/mol. The molecule has 200 valence electrons. The van der Waals surface area contributed by atoms with Crippen LogP contribution in [0.15, 0.2) is 30.3 Å². The zero-order chi connectivity index (χ0) is 26.6. The summed E-state index contributed by atoms with van der Waals surface area (Å²) in [5.74, 6) is 2.64.